The van der Waals surface area contributed by atoms with Crippen LogP contribution in [0.3, 0.4) is 0 Å². The number of pyridine rings is 1. The minimum atomic E-state index is -4.83. The average Bonchev–Trinajstić information content (AvgIpc) is 2.76. The number of alkyl halides is 5. The number of carbonyl (C=O) groups is 1. The minimum Gasteiger partial charge on any atom is -0.346 e. The Morgan fingerprint density at radius 3 is 2.36 bits per heavy atom. The van der Waals surface area contributed by atoms with Crippen molar-refractivity contribution in [1.82, 2.24) is 10.3 Å². The molecule has 1 aromatic heterocycles. The lowest BCUT2D eigenvalue weighted by Gasteiger charge is -2.19. The summed E-state index contributed by atoms with van der Waals surface area (Å²) < 4.78 is 82.4. The number of amides is 1. The minimum absolute atomic E-state index is 0.303. The predicted octanol–water partition coefficient (Wildman–Crippen LogP) is 6.64. The fourth-order valence-electron chi connectivity index (χ4n) is 3.18. The second-order valence-corrected chi connectivity index (χ2v) is 7.59. The van der Waals surface area contributed by atoms with Crippen LogP contribution in [0.15, 0.2) is 54.7 Å². The van der Waals surface area contributed by atoms with E-state index in [1.807, 2.05) is 12.2 Å². The van der Waals surface area contributed by atoms with Crippen molar-refractivity contribution < 1.29 is 31.1 Å². The number of rotatable bonds is 6. The molecule has 0 bridgehead atoms. The number of halogens is 7. The van der Waals surface area contributed by atoms with E-state index in [4.69, 9.17) is 11.6 Å². The van der Waals surface area contributed by atoms with Crippen LogP contribution in [0.2, 0.25) is 5.02 Å². The summed E-state index contributed by atoms with van der Waals surface area (Å²) in [5.41, 5.74) is -1.51. The molecule has 0 unspecified atom stereocenters. The molecule has 0 saturated heterocycles. The van der Waals surface area contributed by atoms with E-state index in [0.29, 0.717) is 29.2 Å². The van der Waals surface area contributed by atoms with Crippen molar-refractivity contribution in [2.24, 2.45) is 0 Å². The Balaban J connectivity index is 1.81. The van der Waals surface area contributed by atoms with Crippen molar-refractivity contribution in [1.29, 1.82) is 0 Å². The molecule has 2 aromatic carbocycles. The highest BCUT2D eigenvalue weighted by Gasteiger charge is 2.38. The van der Waals surface area contributed by atoms with Gasteiger partial charge in [0.1, 0.15) is 11.5 Å². The third-order valence-electron chi connectivity index (χ3n) is 4.83. The molecule has 1 amide bonds. The van der Waals surface area contributed by atoms with Gasteiger partial charge in [0.15, 0.2) is 0 Å². The summed E-state index contributed by atoms with van der Waals surface area (Å²) in [5, 5.41) is 1.37. The second kappa shape index (κ2) is 9.43. The van der Waals surface area contributed by atoms with Crippen LogP contribution in [0.5, 0.6) is 0 Å². The van der Waals surface area contributed by atoms with E-state index in [1.165, 1.54) is 24.3 Å². The number of benzene rings is 2. The van der Waals surface area contributed by atoms with Gasteiger partial charge in [-0.3, -0.25) is 9.78 Å². The SMILES string of the molecule is CCc1cc(F)cc(-c2cnc(C(F)(F)CNC(=O)c3ccccc3C(F)(F)F)c(Cl)c2)c1. The Morgan fingerprint density at radius 2 is 1.73 bits per heavy atom. The van der Waals surface area contributed by atoms with Gasteiger partial charge in [-0.2, -0.15) is 22.0 Å². The van der Waals surface area contributed by atoms with Crippen molar-refractivity contribution in [3.05, 3.63) is 88.0 Å². The Morgan fingerprint density at radius 1 is 1.03 bits per heavy atom. The molecular weight excluding hydrogens is 470 g/mol. The van der Waals surface area contributed by atoms with E-state index in [-0.39, 0.29) is 0 Å². The summed E-state index contributed by atoms with van der Waals surface area (Å²) >= 11 is 6.00. The average molecular weight is 487 g/mol. The van der Waals surface area contributed by atoms with E-state index < -0.39 is 52.2 Å². The summed E-state index contributed by atoms with van der Waals surface area (Å²) in [6.07, 6.45) is -3.19. The van der Waals surface area contributed by atoms with Gasteiger partial charge in [-0.25, -0.2) is 4.39 Å². The molecule has 3 nitrogen and oxygen atoms in total. The molecule has 0 aliphatic rings. The van der Waals surface area contributed by atoms with Crippen LogP contribution in [0.4, 0.5) is 26.3 Å². The first-order chi connectivity index (χ1) is 15.4. The number of aryl methyl sites for hydroxylation is 1. The summed E-state index contributed by atoms with van der Waals surface area (Å²) in [5.74, 6) is -5.60. The summed E-state index contributed by atoms with van der Waals surface area (Å²) in [4.78, 5) is 15.9. The first-order valence-corrected chi connectivity index (χ1v) is 10.1. The quantitative estimate of drug-likeness (QED) is 0.397. The van der Waals surface area contributed by atoms with Gasteiger partial charge in [0.05, 0.1) is 22.7 Å². The van der Waals surface area contributed by atoms with E-state index in [2.05, 4.69) is 4.98 Å². The lowest BCUT2D eigenvalue weighted by molar-refractivity contribution is -0.137. The Labute approximate surface area is 190 Å². The molecule has 174 valence electrons. The number of carbonyl (C=O) groups excluding carboxylic acids is 1. The third-order valence-corrected chi connectivity index (χ3v) is 5.12. The lowest BCUT2D eigenvalue weighted by atomic mass is 10.0. The molecule has 10 heteroatoms. The Bertz CT molecular complexity index is 1180. The zero-order valence-electron chi connectivity index (χ0n) is 17.1. The van der Waals surface area contributed by atoms with Crippen LogP contribution in [0, 0.1) is 5.82 Å². The van der Waals surface area contributed by atoms with Crippen LogP contribution in [-0.4, -0.2) is 17.4 Å². The lowest BCUT2D eigenvalue weighted by Crippen LogP contribution is -2.36. The van der Waals surface area contributed by atoms with Gasteiger partial charge < -0.3 is 5.32 Å². The zero-order valence-corrected chi connectivity index (χ0v) is 17.9. The molecule has 0 atom stereocenters. The molecule has 3 aromatic rings. The van der Waals surface area contributed by atoms with Crippen molar-refractivity contribution in [2.75, 3.05) is 6.54 Å². The fourth-order valence-corrected chi connectivity index (χ4v) is 3.49. The van der Waals surface area contributed by atoms with Gasteiger partial charge >= 0.3 is 12.1 Å². The first kappa shape index (κ1) is 24.6. The van der Waals surface area contributed by atoms with Crippen LogP contribution < -0.4 is 5.32 Å². The Kier molecular flexibility index (Phi) is 7.02. The first-order valence-electron chi connectivity index (χ1n) is 9.70. The maximum absolute atomic E-state index is 14.7. The standard InChI is InChI=1S/C23H17ClF6N2O/c1-2-13-7-14(9-16(25)8-13)15-10-19(24)20(31-11-15)22(26,27)12-32-21(33)17-5-3-4-6-18(17)23(28,29)30/h3-11H,2,12H2,1H3,(H,32,33). The van der Waals surface area contributed by atoms with Gasteiger partial charge in [0.25, 0.3) is 5.91 Å². The van der Waals surface area contributed by atoms with Crippen LogP contribution in [0.1, 0.15) is 34.1 Å². The number of hydrogen-bond acceptors (Lipinski definition) is 2. The highest BCUT2D eigenvalue weighted by Crippen LogP contribution is 2.35. The van der Waals surface area contributed by atoms with Crippen LogP contribution in [0.25, 0.3) is 11.1 Å². The number of nitrogens with one attached hydrogen (secondary N) is 1. The summed E-state index contributed by atoms with van der Waals surface area (Å²) in [7, 11) is 0. The van der Waals surface area contributed by atoms with Gasteiger partial charge in [-0.05, 0) is 47.9 Å². The maximum Gasteiger partial charge on any atom is 0.417 e. The molecule has 1 heterocycles. The maximum atomic E-state index is 14.7. The van der Waals surface area contributed by atoms with Gasteiger partial charge in [0.2, 0.25) is 0 Å². The van der Waals surface area contributed by atoms with Crippen molar-refractivity contribution >= 4 is 17.5 Å². The smallest absolute Gasteiger partial charge is 0.346 e. The second-order valence-electron chi connectivity index (χ2n) is 7.19. The van der Waals surface area contributed by atoms with E-state index in [9.17, 15) is 31.1 Å². The van der Waals surface area contributed by atoms with Crippen molar-refractivity contribution in [3.8, 4) is 11.1 Å². The van der Waals surface area contributed by atoms with E-state index >= 15 is 0 Å². The fraction of sp³-hybridized carbons (Fsp3) is 0.217. The zero-order chi connectivity index (χ0) is 24.4. The Hall–Kier alpha value is -3.07. The van der Waals surface area contributed by atoms with Crippen LogP contribution >= 0.6 is 11.6 Å². The monoisotopic (exact) mass is 486 g/mol. The number of aromatic nitrogens is 1. The molecule has 0 saturated carbocycles. The molecule has 33 heavy (non-hydrogen) atoms. The normalized spacial score (nSPS) is 12.0. The van der Waals surface area contributed by atoms with Crippen LogP contribution in [-0.2, 0) is 18.5 Å². The third kappa shape index (κ3) is 5.65. The largest absolute Gasteiger partial charge is 0.417 e. The predicted molar refractivity (Wildman–Crippen MR) is 112 cm³/mol. The molecule has 0 spiro atoms. The van der Waals surface area contributed by atoms with E-state index in [0.717, 1.165) is 18.3 Å². The van der Waals surface area contributed by atoms with Gasteiger partial charge in [-0.15, -0.1) is 0 Å². The molecule has 0 aliphatic carbocycles. The van der Waals surface area contributed by atoms with Gasteiger partial charge in [0, 0.05) is 11.8 Å². The van der Waals surface area contributed by atoms with Gasteiger partial charge in [-0.1, -0.05) is 36.7 Å². The summed E-state index contributed by atoms with van der Waals surface area (Å²) in [6, 6.07) is 9.26. The molecule has 0 radical (unpaired) electrons. The molecular formula is C23H17ClF6N2O. The highest BCUT2D eigenvalue weighted by molar-refractivity contribution is 6.31. The van der Waals surface area contributed by atoms with Crippen molar-refractivity contribution in [2.45, 2.75) is 25.4 Å². The van der Waals surface area contributed by atoms with Crippen molar-refractivity contribution in [3.63, 3.8) is 0 Å². The highest BCUT2D eigenvalue weighted by atomic mass is 35.5. The topological polar surface area (TPSA) is 42.0 Å². The number of nitrogens with zero attached hydrogens (tertiary/aromatic N) is 1. The molecule has 0 aliphatic heterocycles. The molecule has 0 fully saturated rings. The van der Waals surface area contributed by atoms with E-state index in [1.54, 1.807) is 6.07 Å². The molecule has 1 N–H and O–H groups in total. The molecule has 3 rings (SSSR count). The summed E-state index contributed by atoms with van der Waals surface area (Å²) in [6.45, 7) is 0.499. The number of hydrogen-bond donors (Lipinski definition) is 1.